The molecule has 26 heavy (non-hydrogen) atoms. The highest BCUT2D eigenvalue weighted by Gasteiger charge is 2.22. The summed E-state index contributed by atoms with van der Waals surface area (Å²) in [6.07, 6.45) is 0.466. The van der Waals surface area contributed by atoms with Crippen LogP contribution in [0.25, 0.3) is 0 Å². The van der Waals surface area contributed by atoms with Crippen molar-refractivity contribution in [3.63, 3.8) is 0 Å². The summed E-state index contributed by atoms with van der Waals surface area (Å²) in [7, 11) is 0. The molecule has 2 unspecified atom stereocenters. The number of carbonyl (C=O) groups is 1. The Labute approximate surface area is 159 Å². The average Bonchev–Trinajstić information content (AvgIpc) is 2.60. The summed E-state index contributed by atoms with van der Waals surface area (Å²) in [5.41, 5.74) is 3.20. The molecular weight excluding hydrogens is 344 g/mol. The zero-order valence-corrected chi connectivity index (χ0v) is 16.4. The van der Waals surface area contributed by atoms with Gasteiger partial charge in [0.2, 0.25) is 5.91 Å². The highest BCUT2D eigenvalue weighted by Crippen LogP contribution is 2.23. The maximum atomic E-state index is 12.2. The number of hydrogen-bond donors (Lipinski definition) is 1. The van der Waals surface area contributed by atoms with E-state index in [0.717, 1.165) is 23.7 Å². The van der Waals surface area contributed by atoms with Crippen molar-refractivity contribution in [2.75, 3.05) is 29.1 Å². The van der Waals surface area contributed by atoms with Crippen LogP contribution >= 0.6 is 11.8 Å². The van der Waals surface area contributed by atoms with E-state index in [4.69, 9.17) is 4.74 Å². The van der Waals surface area contributed by atoms with Crippen LogP contribution in [0.4, 0.5) is 11.4 Å². The van der Waals surface area contributed by atoms with Gasteiger partial charge in [-0.1, -0.05) is 17.7 Å². The van der Waals surface area contributed by atoms with E-state index >= 15 is 0 Å². The number of morpholine rings is 1. The van der Waals surface area contributed by atoms with Crippen LogP contribution < -0.4 is 10.2 Å². The number of nitrogens with one attached hydrogen (secondary N) is 1. The first-order valence-electron chi connectivity index (χ1n) is 8.99. The van der Waals surface area contributed by atoms with Gasteiger partial charge in [-0.2, -0.15) is 0 Å². The first kappa shape index (κ1) is 18.8. The number of ether oxygens (including phenoxy) is 1. The third kappa shape index (κ3) is 5.26. The molecule has 0 saturated carbocycles. The zero-order chi connectivity index (χ0) is 18.5. The lowest BCUT2D eigenvalue weighted by Crippen LogP contribution is -2.45. The summed E-state index contributed by atoms with van der Waals surface area (Å²) in [5, 5.41) is 2.97. The normalized spacial score (nSPS) is 20.0. The average molecular weight is 371 g/mol. The van der Waals surface area contributed by atoms with Gasteiger partial charge in [-0.25, -0.2) is 0 Å². The lowest BCUT2D eigenvalue weighted by atomic mass is 10.2. The van der Waals surface area contributed by atoms with Crippen molar-refractivity contribution in [3.05, 3.63) is 54.1 Å². The van der Waals surface area contributed by atoms with Gasteiger partial charge in [-0.3, -0.25) is 4.79 Å². The molecule has 138 valence electrons. The SMILES string of the molecule is Cc1cccc(SCC(=O)Nc2ccc(N3CC(C)OC(C)C3)cc2)c1. The molecule has 1 fully saturated rings. The molecule has 0 aliphatic carbocycles. The summed E-state index contributed by atoms with van der Waals surface area (Å²) in [6.45, 7) is 8.04. The summed E-state index contributed by atoms with van der Waals surface area (Å²) in [5.74, 6) is 0.418. The van der Waals surface area contributed by atoms with Gasteiger partial charge >= 0.3 is 0 Å². The Morgan fingerprint density at radius 2 is 1.85 bits per heavy atom. The molecule has 2 atom stereocenters. The fourth-order valence-electron chi connectivity index (χ4n) is 3.20. The van der Waals surface area contributed by atoms with Crippen molar-refractivity contribution in [2.24, 2.45) is 0 Å². The zero-order valence-electron chi connectivity index (χ0n) is 15.6. The predicted molar refractivity (Wildman–Crippen MR) is 109 cm³/mol. The van der Waals surface area contributed by atoms with Crippen LogP contribution in [-0.2, 0) is 9.53 Å². The van der Waals surface area contributed by atoms with Crippen LogP contribution in [0.2, 0.25) is 0 Å². The van der Waals surface area contributed by atoms with E-state index in [0.29, 0.717) is 5.75 Å². The van der Waals surface area contributed by atoms with Crippen molar-refractivity contribution < 1.29 is 9.53 Å². The Hall–Kier alpha value is -1.98. The van der Waals surface area contributed by atoms with E-state index in [9.17, 15) is 4.79 Å². The van der Waals surface area contributed by atoms with Crippen LogP contribution in [0.5, 0.6) is 0 Å². The van der Waals surface area contributed by atoms with Crippen LogP contribution in [0.1, 0.15) is 19.4 Å². The number of nitrogens with zero attached hydrogens (tertiary/aromatic N) is 1. The second-order valence-corrected chi connectivity index (χ2v) is 7.91. The minimum atomic E-state index is 0.0119. The number of hydrogen-bond acceptors (Lipinski definition) is 4. The minimum absolute atomic E-state index is 0.0119. The number of anilines is 2. The van der Waals surface area contributed by atoms with E-state index in [-0.39, 0.29) is 18.1 Å². The summed E-state index contributed by atoms with van der Waals surface area (Å²) in [4.78, 5) is 15.6. The molecule has 1 amide bonds. The molecule has 0 bridgehead atoms. The Kier molecular flexibility index (Phi) is 6.22. The van der Waals surface area contributed by atoms with E-state index in [1.165, 1.54) is 11.3 Å². The second kappa shape index (κ2) is 8.60. The number of thioether (sulfide) groups is 1. The molecular formula is C21H26N2O2S. The Bertz CT molecular complexity index is 738. The molecule has 3 rings (SSSR count). The van der Waals surface area contributed by atoms with Crippen molar-refractivity contribution in [2.45, 2.75) is 37.9 Å². The quantitative estimate of drug-likeness (QED) is 0.795. The van der Waals surface area contributed by atoms with Crippen molar-refractivity contribution in [3.8, 4) is 0 Å². The first-order chi connectivity index (χ1) is 12.5. The molecule has 0 radical (unpaired) electrons. The Morgan fingerprint density at radius 1 is 1.15 bits per heavy atom. The van der Waals surface area contributed by atoms with Gasteiger partial charge in [0.15, 0.2) is 0 Å². The number of carbonyl (C=O) groups excluding carboxylic acids is 1. The second-order valence-electron chi connectivity index (χ2n) is 6.86. The fraction of sp³-hybridized carbons (Fsp3) is 0.381. The lowest BCUT2D eigenvalue weighted by molar-refractivity contribution is -0.113. The molecule has 2 aromatic rings. The van der Waals surface area contributed by atoms with Gasteiger partial charge in [0.05, 0.1) is 18.0 Å². The topological polar surface area (TPSA) is 41.6 Å². The molecule has 1 N–H and O–H groups in total. The smallest absolute Gasteiger partial charge is 0.234 e. The van der Waals surface area contributed by atoms with Gasteiger partial charge in [0.1, 0.15) is 0 Å². The van der Waals surface area contributed by atoms with Crippen LogP contribution in [0, 0.1) is 6.92 Å². The van der Waals surface area contributed by atoms with Crippen LogP contribution in [0.15, 0.2) is 53.4 Å². The van der Waals surface area contributed by atoms with Crippen LogP contribution in [0.3, 0.4) is 0 Å². The monoisotopic (exact) mass is 370 g/mol. The summed E-state index contributed by atoms with van der Waals surface area (Å²) >= 11 is 1.55. The maximum Gasteiger partial charge on any atom is 0.234 e. The molecule has 0 spiro atoms. The summed E-state index contributed by atoms with van der Waals surface area (Å²) in [6, 6.07) is 16.3. The number of aryl methyl sites for hydroxylation is 1. The van der Waals surface area contributed by atoms with E-state index in [1.807, 2.05) is 24.3 Å². The van der Waals surface area contributed by atoms with Gasteiger partial charge in [0.25, 0.3) is 0 Å². The fourth-order valence-corrected chi connectivity index (χ4v) is 4.01. The minimum Gasteiger partial charge on any atom is -0.372 e. The Balaban J connectivity index is 1.53. The first-order valence-corrected chi connectivity index (χ1v) is 9.98. The third-order valence-electron chi connectivity index (χ3n) is 4.30. The highest BCUT2D eigenvalue weighted by atomic mass is 32.2. The predicted octanol–water partition coefficient (Wildman–Crippen LogP) is 4.34. The van der Waals surface area contributed by atoms with E-state index < -0.39 is 0 Å². The number of rotatable bonds is 5. The van der Waals surface area contributed by atoms with Crippen molar-refractivity contribution in [1.29, 1.82) is 0 Å². The lowest BCUT2D eigenvalue weighted by Gasteiger charge is -2.36. The standard InChI is InChI=1S/C21H26N2O2S/c1-15-5-4-6-20(11-15)26-14-21(24)22-18-7-9-19(10-8-18)23-12-16(2)25-17(3)13-23/h4-11,16-17H,12-14H2,1-3H3,(H,22,24). The van der Waals surface area contributed by atoms with Crippen molar-refractivity contribution >= 4 is 29.0 Å². The summed E-state index contributed by atoms with van der Waals surface area (Å²) < 4.78 is 5.78. The largest absolute Gasteiger partial charge is 0.372 e. The van der Waals surface area contributed by atoms with Gasteiger partial charge < -0.3 is 15.0 Å². The number of amides is 1. The number of benzene rings is 2. The van der Waals surface area contributed by atoms with Gasteiger partial charge in [0, 0.05) is 29.4 Å². The highest BCUT2D eigenvalue weighted by molar-refractivity contribution is 8.00. The van der Waals surface area contributed by atoms with E-state index in [2.05, 4.69) is 55.3 Å². The molecule has 2 aromatic carbocycles. The molecule has 4 nitrogen and oxygen atoms in total. The molecule has 1 aliphatic heterocycles. The molecule has 1 heterocycles. The van der Waals surface area contributed by atoms with Gasteiger partial charge in [-0.15, -0.1) is 11.8 Å². The maximum absolute atomic E-state index is 12.2. The Morgan fingerprint density at radius 3 is 2.50 bits per heavy atom. The molecule has 1 saturated heterocycles. The molecule has 0 aromatic heterocycles. The van der Waals surface area contributed by atoms with Crippen LogP contribution in [-0.4, -0.2) is 37.0 Å². The van der Waals surface area contributed by atoms with Gasteiger partial charge in [-0.05, 0) is 57.2 Å². The molecule has 1 aliphatic rings. The van der Waals surface area contributed by atoms with E-state index in [1.54, 1.807) is 11.8 Å². The van der Waals surface area contributed by atoms with Crippen molar-refractivity contribution in [1.82, 2.24) is 0 Å². The third-order valence-corrected chi connectivity index (χ3v) is 5.29. The molecule has 5 heteroatoms.